The number of aromatic nitrogens is 3. The molecule has 1 saturated heterocycles. The van der Waals surface area contributed by atoms with Gasteiger partial charge in [0.15, 0.2) is 0 Å². The molecule has 0 spiro atoms. The quantitative estimate of drug-likeness (QED) is 0.781. The Morgan fingerprint density at radius 2 is 2.16 bits per heavy atom. The van der Waals surface area contributed by atoms with Crippen LogP contribution in [0.25, 0.3) is 16.2 Å². The largest absolute Gasteiger partial charge is 0.359 e. The van der Waals surface area contributed by atoms with Crippen LogP contribution in [0.15, 0.2) is 30.5 Å². The molecule has 2 aromatic heterocycles. The third-order valence-electron chi connectivity index (χ3n) is 4.48. The number of rotatable bonds is 3. The van der Waals surface area contributed by atoms with Gasteiger partial charge in [-0.25, -0.2) is 13.9 Å². The van der Waals surface area contributed by atoms with E-state index >= 15 is 0 Å². The minimum Gasteiger partial charge on any atom is -0.359 e. The zero-order valence-corrected chi connectivity index (χ0v) is 14.6. The van der Waals surface area contributed by atoms with E-state index in [1.165, 1.54) is 23.5 Å². The second-order valence-electron chi connectivity index (χ2n) is 6.14. The number of carbonyl (C=O) groups is 1. The fourth-order valence-electron chi connectivity index (χ4n) is 3.15. The van der Waals surface area contributed by atoms with Crippen molar-refractivity contribution in [2.24, 2.45) is 5.92 Å². The molecule has 1 amide bonds. The normalized spacial score (nSPS) is 17.8. The molecular weight excluding hydrogens is 341 g/mol. The number of hydrogen-bond acceptors (Lipinski definition) is 5. The Morgan fingerprint density at radius 3 is 2.88 bits per heavy atom. The molecule has 0 radical (unpaired) electrons. The van der Waals surface area contributed by atoms with E-state index in [4.69, 9.17) is 0 Å². The van der Waals surface area contributed by atoms with Crippen LogP contribution in [0.5, 0.6) is 0 Å². The van der Waals surface area contributed by atoms with Gasteiger partial charge in [0.1, 0.15) is 5.82 Å². The Kier molecular flexibility index (Phi) is 4.12. The summed E-state index contributed by atoms with van der Waals surface area (Å²) in [5.41, 5.74) is 1.63. The van der Waals surface area contributed by atoms with Crippen molar-refractivity contribution in [1.29, 1.82) is 0 Å². The molecule has 1 atom stereocenters. The predicted octanol–water partition coefficient (Wildman–Crippen LogP) is 2.56. The van der Waals surface area contributed by atoms with E-state index in [2.05, 4.69) is 20.3 Å². The van der Waals surface area contributed by atoms with Crippen LogP contribution >= 0.6 is 11.3 Å². The van der Waals surface area contributed by atoms with Crippen LogP contribution in [0.1, 0.15) is 12.8 Å². The van der Waals surface area contributed by atoms with Gasteiger partial charge in [-0.1, -0.05) is 11.3 Å². The van der Waals surface area contributed by atoms with Gasteiger partial charge in [-0.05, 0) is 37.1 Å². The van der Waals surface area contributed by atoms with Crippen molar-refractivity contribution >= 4 is 27.3 Å². The molecule has 1 fully saturated rings. The third kappa shape index (κ3) is 3.09. The van der Waals surface area contributed by atoms with Gasteiger partial charge in [-0.15, -0.1) is 5.10 Å². The number of nitrogens with one attached hydrogen (secondary N) is 1. The molecule has 0 aliphatic carbocycles. The van der Waals surface area contributed by atoms with Crippen LogP contribution in [0.2, 0.25) is 0 Å². The van der Waals surface area contributed by atoms with E-state index in [0.717, 1.165) is 40.7 Å². The van der Waals surface area contributed by atoms with Gasteiger partial charge in [0.25, 0.3) is 0 Å². The molecular formula is C17H18FN5OS. The highest BCUT2D eigenvalue weighted by molar-refractivity contribution is 7.20. The summed E-state index contributed by atoms with van der Waals surface area (Å²) in [6.07, 6.45) is 3.73. The van der Waals surface area contributed by atoms with Gasteiger partial charge in [-0.3, -0.25) is 4.79 Å². The van der Waals surface area contributed by atoms with E-state index < -0.39 is 0 Å². The number of halogens is 1. The second kappa shape index (κ2) is 6.44. The number of hydrogen-bond donors (Lipinski definition) is 1. The van der Waals surface area contributed by atoms with Crippen LogP contribution in [-0.2, 0) is 4.79 Å². The lowest BCUT2D eigenvalue weighted by molar-refractivity contribution is -0.124. The first-order valence-electron chi connectivity index (χ1n) is 8.23. The Balaban J connectivity index is 1.57. The third-order valence-corrected chi connectivity index (χ3v) is 5.46. The van der Waals surface area contributed by atoms with Gasteiger partial charge in [0.2, 0.25) is 16.0 Å². The molecule has 0 saturated carbocycles. The lowest BCUT2D eigenvalue weighted by atomic mass is 9.98. The van der Waals surface area contributed by atoms with E-state index in [9.17, 15) is 9.18 Å². The number of carbonyl (C=O) groups excluding carboxylic acids is 1. The highest BCUT2D eigenvalue weighted by Gasteiger charge is 2.27. The fourth-order valence-corrected chi connectivity index (χ4v) is 4.06. The number of fused-ring (bicyclic) bond motifs is 1. The molecule has 25 heavy (non-hydrogen) atoms. The maximum Gasteiger partial charge on any atom is 0.224 e. The van der Waals surface area contributed by atoms with Crippen molar-refractivity contribution in [1.82, 2.24) is 19.9 Å². The van der Waals surface area contributed by atoms with Crippen LogP contribution < -0.4 is 10.2 Å². The predicted molar refractivity (Wildman–Crippen MR) is 95.3 cm³/mol. The topological polar surface area (TPSA) is 62.5 Å². The second-order valence-corrected chi connectivity index (χ2v) is 7.08. The van der Waals surface area contributed by atoms with E-state index in [1.54, 1.807) is 23.7 Å². The Hall–Kier alpha value is -2.48. The van der Waals surface area contributed by atoms with Crippen molar-refractivity contribution in [3.05, 3.63) is 36.3 Å². The summed E-state index contributed by atoms with van der Waals surface area (Å²) in [4.78, 5) is 19.4. The van der Waals surface area contributed by atoms with Gasteiger partial charge >= 0.3 is 0 Å². The smallest absolute Gasteiger partial charge is 0.224 e. The summed E-state index contributed by atoms with van der Waals surface area (Å²) >= 11 is 1.50. The first-order valence-corrected chi connectivity index (χ1v) is 9.04. The molecule has 4 rings (SSSR count). The molecule has 1 N–H and O–H groups in total. The van der Waals surface area contributed by atoms with Gasteiger partial charge in [0, 0.05) is 25.7 Å². The Labute approximate surface area is 148 Å². The molecule has 0 bridgehead atoms. The average Bonchev–Trinajstić information content (AvgIpc) is 3.21. The van der Waals surface area contributed by atoms with Crippen molar-refractivity contribution in [3.8, 4) is 11.3 Å². The van der Waals surface area contributed by atoms with Gasteiger partial charge < -0.3 is 10.2 Å². The molecule has 8 heteroatoms. The molecule has 1 aromatic carbocycles. The molecule has 1 unspecified atom stereocenters. The monoisotopic (exact) mass is 359 g/mol. The number of anilines is 1. The number of imidazole rings is 1. The van der Waals surface area contributed by atoms with Crippen molar-refractivity contribution in [2.45, 2.75) is 12.8 Å². The summed E-state index contributed by atoms with van der Waals surface area (Å²) in [6.45, 7) is 1.58. The number of nitrogens with zero attached hydrogens (tertiary/aromatic N) is 4. The molecule has 1 aliphatic rings. The fraction of sp³-hybridized carbons (Fsp3) is 0.353. The van der Waals surface area contributed by atoms with Gasteiger partial charge in [0.05, 0.1) is 17.8 Å². The van der Waals surface area contributed by atoms with Crippen LogP contribution in [0, 0.1) is 11.7 Å². The van der Waals surface area contributed by atoms with E-state index in [-0.39, 0.29) is 17.6 Å². The maximum atomic E-state index is 13.0. The zero-order chi connectivity index (χ0) is 17.4. The molecule has 130 valence electrons. The van der Waals surface area contributed by atoms with Crippen LogP contribution in [0.3, 0.4) is 0 Å². The summed E-state index contributed by atoms with van der Waals surface area (Å²) in [5.74, 6) is -0.171. The number of amides is 1. The van der Waals surface area contributed by atoms with Crippen LogP contribution in [-0.4, -0.2) is 40.6 Å². The summed E-state index contributed by atoms with van der Waals surface area (Å²) in [6, 6.07) is 6.27. The summed E-state index contributed by atoms with van der Waals surface area (Å²) in [7, 11) is 1.68. The minimum atomic E-state index is -0.263. The molecule has 3 aromatic rings. The Morgan fingerprint density at radius 1 is 1.36 bits per heavy atom. The van der Waals surface area contributed by atoms with Crippen molar-refractivity contribution in [3.63, 3.8) is 0 Å². The van der Waals surface area contributed by atoms with Crippen LogP contribution in [0.4, 0.5) is 9.52 Å². The SMILES string of the molecule is CNC(=O)C1CCCN(c2nn3cc(-c4ccc(F)cc4)nc3s2)C1. The number of piperidine rings is 1. The first kappa shape index (κ1) is 16.0. The molecule has 6 nitrogen and oxygen atoms in total. The minimum absolute atomic E-state index is 0.00440. The molecule has 1 aliphatic heterocycles. The lowest BCUT2D eigenvalue weighted by Crippen LogP contribution is -2.42. The van der Waals surface area contributed by atoms with Crippen molar-refractivity contribution < 1.29 is 9.18 Å². The number of benzene rings is 1. The maximum absolute atomic E-state index is 13.0. The highest BCUT2D eigenvalue weighted by Crippen LogP contribution is 2.29. The lowest BCUT2D eigenvalue weighted by Gasteiger charge is -2.31. The zero-order valence-electron chi connectivity index (χ0n) is 13.8. The van der Waals surface area contributed by atoms with Gasteiger partial charge in [-0.2, -0.15) is 0 Å². The highest BCUT2D eigenvalue weighted by atomic mass is 32.1. The summed E-state index contributed by atoms with van der Waals surface area (Å²) < 4.78 is 14.8. The van der Waals surface area contributed by atoms with Crippen molar-refractivity contribution in [2.75, 3.05) is 25.0 Å². The summed E-state index contributed by atoms with van der Waals surface area (Å²) in [5, 5.41) is 8.22. The van der Waals surface area contributed by atoms with E-state index in [1.807, 2.05) is 6.20 Å². The molecule has 3 heterocycles. The van der Waals surface area contributed by atoms with E-state index in [0.29, 0.717) is 6.54 Å². The standard InChI is InChI=1S/C17H18FN5OS/c1-19-15(24)12-3-2-8-22(9-12)17-21-23-10-14(20-16(23)25-17)11-4-6-13(18)7-5-11/h4-7,10,12H,2-3,8-9H2,1H3,(H,19,24). The Bertz CT molecular complexity index is 872. The first-order chi connectivity index (χ1) is 12.1. The average molecular weight is 359 g/mol.